The number of H-pyrrole nitrogens is 1. The summed E-state index contributed by atoms with van der Waals surface area (Å²) >= 11 is 0. The van der Waals surface area contributed by atoms with Crippen molar-refractivity contribution in [3.05, 3.63) is 66.1 Å². The summed E-state index contributed by atoms with van der Waals surface area (Å²) in [6, 6.07) is 10.3. The zero-order valence-corrected chi connectivity index (χ0v) is 17.8. The van der Waals surface area contributed by atoms with Crippen LogP contribution < -0.4 is 10.6 Å². The molecule has 3 heterocycles. The van der Waals surface area contributed by atoms with Crippen molar-refractivity contribution in [2.24, 2.45) is 0 Å². The number of hydrogen-bond acceptors (Lipinski definition) is 6. The average Bonchev–Trinajstić information content (AvgIpc) is 3.50. The second-order valence-electron chi connectivity index (χ2n) is 8.26. The number of nitrogens with zero attached hydrogens (tertiary/aromatic N) is 3. The van der Waals surface area contributed by atoms with E-state index in [1.165, 1.54) is 50.3 Å². The highest BCUT2D eigenvalue weighted by molar-refractivity contribution is 6.02. The molecule has 0 unspecified atom stereocenters. The summed E-state index contributed by atoms with van der Waals surface area (Å²) in [4.78, 5) is 20.6. The van der Waals surface area contributed by atoms with E-state index in [1.54, 1.807) is 0 Å². The molecule has 0 atom stereocenters. The molecule has 3 aromatic heterocycles. The van der Waals surface area contributed by atoms with Gasteiger partial charge in [0.15, 0.2) is 12.1 Å². The summed E-state index contributed by atoms with van der Waals surface area (Å²) in [5, 5.41) is 15.3. The molecular formula is C24H26N6O2. The predicted octanol–water partition coefficient (Wildman–Crippen LogP) is 4.73. The van der Waals surface area contributed by atoms with Gasteiger partial charge in [-0.1, -0.05) is 31.4 Å². The summed E-state index contributed by atoms with van der Waals surface area (Å²) in [5.41, 5.74) is 4.18. The number of pyridine rings is 1. The largest absolute Gasteiger partial charge is 0.451 e. The first-order chi connectivity index (χ1) is 15.8. The molecule has 0 radical (unpaired) electrons. The Morgan fingerprint density at radius 3 is 2.69 bits per heavy atom. The number of aromatic nitrogens is 4. The molecule has 0 saturated heterocycles. The first-order valence-electron chi connectivity index (χ1n) is 11.1. The van der Waals surface area contributed by atoms with Crippen molar-refractivity contribution in [2.75, 3.05) is 10.6 Å². The first kappa shape index (κ1) is 20.2. The summed E-state index contributed by atoms with van der Waals surface area (Å²) < 4.78 is 4.85. The quantitative estimate of drug-likeness (QED) is 0.391. The Balaban J connectivity index is 1.25. The van der Waals surface area contributed by atoms with Crippen LogP contribution >= 0.6 is 0 Å². The normalized spacial score (nSPS) is 14.5. The molecule has 1 amide bonds. The van der Waals surface area contributed by atoms with Crippen LogP contribution in [0.1, 0.15) is 53.8 Å². The molecule has 1 saturated carbocycles. The number of rotatable bonds is 7. The molecule has 5 rings (SSSR count). The second kappa shape index (κ2) is 9.21. The highest BCUT2D eigenvalue weighted by atomic mass is 16.3. The molecule has 0 aliphatic heterocycles. The van der Waals surface area contributed by atoms with Gasteiger partial charge in [0.2, 0.25) is 0 Å². The number of anilines is 2. The monoisotopic (exact) mass is 430 g/mol. The highest BCUT2D eigenvalue weighted by Crippen LogP contribution is 2.28. The van der Waals surface area contributed by atoms with Gasteiger partial charge in [0, 0.05) is 17.9 Å². The van der Waals surface area contributed by atoms with E-state index >= 15 is 0 Å². The van der Waals surface area contributed by atoms with Crippen LogP contribution in [0.4, 0.5) is 11.5 Å². The fourth-order valence-electron chi connectivity index (χ4n) is 4.30. The topological polar surface area (TPSA) is 109 Å². The Morgan fingerprint density at radius 2 is 1.91 bits per heavy atom. The molecule has 1 fully saturated rings. The Hall–Kier alpha value is -3.68. The smallest absolute Gasteiger partial charge is 0.277 e. The number of nitrogens with one attached hydrogen (secondary N) is 3. The molecule has 32 heavy (non-hydrogen) atoms. The molecule has 1 aromatic carbocycles. The van der Waals surface area contributed by atoms with Crippen LogP contribution in [0.5, 0.6) is 0 Å². The summed E-state index contributed by atoms with van der Waals surface area (Å²) in [5.74, 6) is 0.643. The summed E-state index contributed by atoms with van der Waals surface area (Å²) in [6.07, 6.45) is 12.3. The molecule has 3 N–H and O–H groups in total. The highest BCUT2D eigenvalue weighted by Gasteiger charge is 2.17. The molecule has 4 aromatic rings. The predicted molar refractivity (Wildman–Crippen MR) is 123 cm³/mol. The van der Waals surface area contributed by atoms with Crippen molar-refractivity contribution in [2.45, 2.75) is 51.0 Å². The maximum Gasteiger partial charge on any atom is 0.277 e. The molecule has 8 nitrogen and oxygen atoms in total. The maximum atomic E-state index is 12.1. The number of carbonyl (C=O) groups is 1. The first-order valence-corrected chi connectivity index (χ1v) is 11.1. The maximum absolute atomic E-state index is 12.1. The van der Waals surface area contributed by atoms with Gasteiger partial charge in [-0.25, -0.2) is 9.97 Å². The Kier molecular flexibility index (Phi) is 5.83. The lowest BCUT2D eigenvalue weighted by molar-refractivity contribution is 0.102. The van der Waals surface area contributed by atoms with E-state index in [1.807, 2.05) is 36.5 Å². The van der Waals surface area contributed by atoms with Gasteiger partial charge in [0.1, 0.15) is 12.1 Å². The van der Waals surface area contributed by atoms with Crippen molar-refractivity contribution in [1.82, 2.24) is 20.2 Å². The third-order valence-corrected chi connectivity index (χ3v) is 6.02. The van der Waals surface area contributed by atoms with Gasteiger partial charge in [-0.05, 0) is 49.4 Å². The van der Waals surface area contributed by atoms with E-state index in [0.717, 1.165) is 40.9 Å². The zero-order chi connectivity index (χ0) is 21.8. The number of benzene rings is 1. The SMILES string of the molecule is O=C(Nc1ccc(CCc2n[nH]c3ccnc(NC4CCCCC4)c23)cc1)c1cocn1. The zero-order valence-electron chi connectivity index (χ0n) is 17.8. The van der Waals surface area contributed by atoms with Crippen molar-refractivity contribution in [1.29, 1.82) is 0 Å². The van der Waals surface area contributed by atoms with Gasteiger partial charge in [-0.2, -0.15) is 5.10 Å². The molecule has 0 spiro atoms. The Morgan fingerprint density at radius 1 is 1.06 bits per heavy atom. The lowest BCUT2D eigenvalue weighted by Crippen LogP contribution is -2.23. The van der Waals surface area contributed by atoms with Crippen LogP contribution in [-0.2, 0) is 12.8 Å². The van der Waals surface area contributed by atoms with E-state index in [9.17, 15) is 4.79 Å². The van der Waals surface area contributed by atoms with Gasteiger partial charge >= 0.3 is 0 Å². The summed E-state index contributed by atoms with van der Waals surface area (Å²) in [6.45, 7) is 0. The number of aromatic amines is 1. The minimum atomic E-state index is -0.292. The van der Waals surface area contributed by atoms with Crippen molar-refractivity contribution < 1.29 is 9.21 Å². The fourth-order valence-corrected chi connectivity index (χ4v) is 4.30. The standard InChI is InChI=1S/C24H26N6O2/c31-24(21-14-32-15-26-21)28-18-9-6-16(7-10-18)8-11-19-22-20(30-29-19)12-13-25-23(22)27-17-4-2-1-3-5-17/h6-7,9-10,12-15,17H,1-5,8,11H2,(H,25,27)(H,28,31)(H,29,30). The average molecular weight is 431 g/mol. The third-order valence-electron chi connectivity index (χ3n) is 6.02. The van der Waals surface area contributed by atoms with Crippen molar-refractivity contribution in [3.8, 4) is 0 Å². The van der Waals surface area contributed by atoms with E-state index in [-0.39, 0.29) is 11.6 Å². The molecule has 0 bridgehead atoms. The second-order valence-corrected chi connectivity index (χ2v) is 8.26. The molecule has 8 heteroatoms. The van der Waals surface area contributed by atoms with Crippen LogP contribution in [0.2, 0.25) is 0 Å². The Bertz CT molecular complexity index is 1180. The van der Waals surface area contributed by atoms with Gasteiger partial charge in [0.05, 0.1) is 16.6 Å². The van der Waals surface area contributed by atoms with Crippen molar-refractivity contribution >= 4 is 28.3 Å². The molecule has 1 aliphatic rings. The van der Waals surface area contributed by atoms with E-state index < -0.39 is 0 Å². The fraction of sp³-hybridized carbons (Fsp3) is 0.333. The van der Waals surface area contributed by atoms with Gasteiger partial charge in [-0.15, -0.1) is 0 Å². The van der Waals surface area contributed by atoms with Crippen LogP contribution in [0.3, 0.4) is 0 Å². The number of oxazole rings is 1. The van der Waals surface area contributed by atoms with Crippen LogP contribution in [0.25, 0.3) is 10.9 Å². The van der Waals surface area contributed by atoms with E-state index in [4.69, 9.17) is 4.42 Å². The minimum absolute atomic E-state index is 0.255. The van der Waals surface area contributed by atoms with Gasteiger partial charge < -0.3 is 15.1 Å². The number of carbonyl (C=O) groups excluding carboxylic acids is 1. The lowest BCUT2D eigenvalue weighted by atomic mass is 9.95. The summed E-state index contributed by atoms with van der Waals surface area (Å²) in [7, 11) is 0. The Labute approximate surface area is 185 Å². The van der Waals surface area contributed by atoms with Crippen molar-refractivity contribution in [3.63, 3.8) is 0 Å². The number of hydrogen-bond donors (Lipinski definition) is 3. The minimum Gasteiger partial charge on any atom is -0.451 e. The molecule has 1 aliphatic carbocycles. The van der Waals surface area contributed by atoms with Gasteiger partial charge in [0.25, 0.3) is 5.91 Å². The van der Waals surface area contributed by atoms with Gasteiger partial charge in [-0.3, -0.25) is 9.89 Å². The molecular weight excluding hydrogens is 404 g/mol. The van der Waals surface area contributed by atoms with E-state index in [2.05, 4.69) is 30.8 Å². The van der Waals surface area contributed by atoms with E-state index in [0.29, 0.717) is 6.04 Å². The number of fused-ring (bicyclic) bond motifs is 1. The van der Waals surface area contributed by atoms with Crippen LogP contribution in [-0.4, -0.2) is 32.1 Å². The lowest BCUT2D eigenvalue weighted by Gasteiger charge is -2.23. The molecule has 164 valence electrons. The van der Waals surface area contributed by atoms with Crippen LogP contribution in [0, 0.1) is 0 Å². The van der Waals surface area contributed by atoms with Crippen LogP contribution in [0.15, 0.2) is 53.6 Å². The third kappa shape index (κ3) is 4.49. The number of aryl methyl sites for hydroxylation is 2. The number of amides is 1.